The van der Waals surface area contributed by atoms with Crippen LogP contribution in [0.1, 0.15) is 56.6 Å². The van der Waals surface area contributed by atoms with Crippen LogP contribution in [0.2, 0.25) is 0 Å². The lowest BCUT2D eigenvalue weighted by Crippen LogP contribution is -2.46. The van der Waals surface area contributed by atoms with Gasteiger partial charge in [-0.1, -0.05) is 45.0 Å². The van der Waals surface area contributed by atoms with E-state index in [2.05, 4.69) is 19.9 Å². The molecule has 0 amide bonds. The molecule has 0 aliphatic heterocycles. The molecule has 1 saturated carbocycles. The van der Waals surface area contributed by atoms with Gasteiger partial charge in [-0.05, 0) is 16.5 Å². The zero-order valence-electron chi connectivity index (χ0n) is 11.8. The second-order valence-corrected chi connectivity index (χ2v) is 6.75. The lowest BCUT2D eigenvalue weighted by Gasteiger charge is -2.47. The highest BCUT2D eigenvalue weighted by atomic mass is 16.1. The van der Waals surface area contributed by atoms with Crippen molar-refractivity contribution >= 4 is 11.6 Å². The van der Waals surface area contributed by atoms with E-state index in [1.807, 2.05) is 25.1 Å². The van der Waals surface area contributed by atoms with E-state index in [-0.39, 0.29) is 23.2 Å². The normalized spacial score (nSPS) is 32.7. The summed E-state index contributed by atoms with van der Waals surface area (Å²) in [6, 6.07) is 8.15. The van der Waals surface area contributed by atoms with Crippen LogP contribution in [0.4, 0.5) is 0 Å². The van der Waals surface area contributed by atoms with E-state index in [1.165, 1.54) is 5.56 Å². The highest BCUT2D eigenvalue weighted by Crippen LogP contribution is 2.53. The molecule has 2 aliphatic carbocycles. The van der Waals surface area contributed by atoms with Gasteiger partial charge in [0.2, 0.25) is 0 Å². The van der Waals surface area contributed by atoms with Crippen LogP contribution < -0.4 is 0 Å². The van der Waals surface area contributed by atoms with Crippen LogP contribution in [0.15, 0.2) is 24.3 Å². The number of hydrogen-bond acceptors (Lipinski definition) is 2. The maximum atomic E-state index is 12.7. The first-order valence-corrected chi connectivity index (χ1v) is 7.06. The molecule has 0 heterocycles. The van der Waals surface area contributed by atoms with Gasteiger partial charge in [0.05, 0.1) is 0 Å². The van der Waals surface area contributed by atoms with Crippen LogP contribution >= 0.6 is 0 Å². The molecule has 19 heavy (non-hydrogen) atoms. The van der Waals surface area contributed by atoms with Crippen LogP contribution in [-0.4, -0.2) is 11.6 Å². The summed E-state index contributed by atoms with van der Waals surface area (Å²) in [5, 5.41) is 0. The molecule has 0 radical (unpaired) electrons. The van der Waals surface area contributed by atoms with Gasteiger partial charge in [-0.25, -0.2) is 0 Å². The first-order valence-electron chi connectivity index (χ1n) is 7.06. The van der Waals surface area contributed by atoms with E-state index in [4.69, 9.17) is 0 Å². The SMILES string of the molecule is CC1C(=O)[C@H]2[C@@H](CC(=O)CC2(C)C)c2ccccc21. The molecule has 0 spiro atoms. The molecule has 0 N–H and O–H groups in total. The molecule has 1 fully saturated rings. The predicted molar refractivity (Wildman–Crippen MR) is 74.1 cm³/mol. The van der Waals surface area contributed by atoms with Crippen molar-refractivity contribution in [3.05, 3.63) is 35.4 Å². The maximum absolute atomic E-state index is 12.7. The van der Waals surface area contributed by atoms with Gasteiger partial charge in [-0.3, -0.25) is 9.59 Å². The summed E-state index contributed by atoms with van der Waals surface area (Å²) in [6.45, 7) is 6.14. The zero-order chi connectivity index (χ0) is 13.8. The largest absolute Gasteiger partial charge is 0.300 e. The smallest absolute Gasteiger partial charge is 0.144 e. The number of fused-ring (bicyclic) bond motifs is 3. The molecule has 2 nitrogen and oxygen atoms in total. The summed E-state index contributed by atoms with van der Waals surface area (Å²) >= 11 is 0. The molecule has 3 rings (SSSR count). The number of carbonyl (C=O) groups is 2. The summed E-state index contributed by atoms with van der Waals surface area (Å²) in [5.74, 6) is 0.667. The molecule has 3 atom stereocenters. The number of hydrogen-bond donors (Lipinski definition) is 0. The van der Waals surface area contributed by atoms with Gasteiger partial charge in [-0.15, -0.1) is 0 Å². The average molecular weight is 256 g/mol. The standard InChI is InChI=1S/C17H20O2/c1-10-12-6-4-5-7-13(12)14-8-11(18)9-17(2,3)15(14)16(10)19/h4-7,10,14-15H,8-9H2,1-3H3/t10?,14-,15+/m0/s1. The Labute approximate surface area is 114 Å². The molecular formula is C17H20O2. The fourth-order valence-corrected chi connectivity index (χ4v) is 4.14. The number of rotatable bonds is 0. The summed E-state index contributed by atoms with van der Waals surface area (Å²) in [6.07, 6.45) is 1.07. The Balaban J connectivity index is 2.17. The van der Waals surface area contributed by atoms with Gasteiger partial charge < -0.3 is 0 Å². The minimum absolute atomic E-state index is 0.00454. The van der Waals surface area contributed by atoms with Crippen molar-refractivity contribution in [2.75, 3.05) is 0 Å². The predicted octanol–water partition coefficient (Wildman–Crippen LogP) is 3.46. The van der Waals surface area contributed by atoms with Crippen molar-refractivity contribution in [2.24, 2.45) is 11.3 Å². The average Bonchev–Trinajstić information content (AvgIpc) is 2.34. The van der Waals surface area contributed by atoms with Gasteiger partial charge in [0.1, 0.15) is 11.6 Å². The Bertz CT molecular complexity index is 556. The molecule has 100 valence electrons. The number of Topliss-reactive ketones (excluding diaryl/α,β-unsaturated/α-hetero) is 2. The zero-order valence-corrected chi connectivity index (χ0v) is 11.8. The minimum atomic E-state index is -0.209. The first kappa shape index (κ1) is 12.6. The van der Waals surface area contributed by atoms with Crippen molar-refractivity contribution in [3.63, 3.8) is 0 Å². The number of benzene rings is 1. The Morgan fingerprint density at radius 2 is 1.74 bits per heavy atom. The van der Waals surface area contributed by atoms with Crippen molar-refractivity contribution in [2.45, 2.75) is 45.4 Å². The fraction of sp³-hybridized carbons (Fsp3) is 0.529. The quantitative estimate of drug-likeness (QED) is 0.712. The Hall–Kier alpha value is -1.44. The highest BCUT2D eigenvalue weighted by molar-refractivity contribution is 5.94. The fourth-order valence-electron chi connectivity index (χ4n) is 4.14. The number of carbonyl (C=O) groups excluding carboxylic acids is 2. The molecule has 1 aromatic rings. The van der Waals surface area contributed by atoms with Gasteiger partial charge in [0, 0.05) is 30.6 Å². The summed E-state index contributed by atoms with van der Waals surface area (Å²) < 4.78 is 0. The van der Waals surface area contributed by atoms with E-state index in [0.29, 0.717) is 24.4 Å². The van der Waals surface area contributed by atoms with Crippen molar-refractivity contribution in [1.29, 1.82) is 0 Å². The van der Waals surface area contributed by atoms with Crippen LogP contribution in [0.5, 0.6) is 0 Å². The summed E-state index contributed by atoms with van der Waals surface area (Å²) in [5.41, 5.74) is 2.14. The first-order chi connectivity index (χ1) is 8.92. The summed E-state index contributed by atoms with van der Waals surface area (Å²) in [4.78, 5) is 24.8. The summed E-state index contributed by atoms with van der Waals surface area (Å²) in [7, 11) is 0. The van der Waals surface area contributed by atoms with E-state index in [1.54, 1.807) is 0 Å². The number of ketones is 2. The van der Waals surface area contributed by atoms with Crippen LogP contribution in [0.25, 0.3) is 0 Å². The van der Waals surface area contributed by atoms with E-state index in [9.17, 15) is 9.59 Å². The molecule has 2 heteroatoms. The van der Waals surface area contributed by atoms with E-state index >= 15 is 0 Å². The molecule has 0 saturated heterocycles. The molecule has 0 aromatic heterocycles. The Morgan fingerprint density at radius 1 is 1.11 bits per heavy atom. The van der Waals surface area contributed by atoms with Crippen molar-refractivity contribution in [3.8, 4) is 0 Å². The maximum Gasteiger partial charge on any atom is 0.144 e. The van der Waals surface area contributed by atoms with Gasteiger partial charge in [0.15, 0.2) is 0 Å². The van der Waals surface area contributed by atoms with Crippen molar-refractivity contribution < 1.29 is 9.59 Å². The topological polar surface area (TPSA) is 34.1 Å². The van der Waals surface area contributed by atoms with Gasteiger partial charge >= 0.3 is 0 Å². The third-order valence-electron chi connectivity index (χ3n) is 4.94. The second-order valence-electron chi connectivity index (χ2n) is 6.75. The third kappa shape index (κ3) is 1.77. The lowest BCUT2D eigenvalue weighted by atomic mass is 9.55. The lowest BCUT2D eigenvalue weighted by molar-refractivity contribution is -0.136. The minimum Gasteiger partial charge on any atom is -0.300 e. The van der Waals surface area contributed by atoms with Crippen molar-refractivity contribution in [1.82, 2.24) is 0 Å². The van der Waals surface area contributed by atoms with Gasteiger partial charge in [-0.2, -0.15) is 0 Å². The monoisotopic (exact) mass is 256 g/mol. The molecule has 2 aliphatic rings. The van der Waals surface area contributed by atoms with E-state index in [0.717, 1.165) is 5.56 Å². The molecular weight excluding hydrogens is 236 g/mol. The van der Waals surface area contributed by atoms with Crippen LogP contribution in [0.3, 0.4) is 0 Å². The Morgan fingerprint density at radius 3 is 2.42 bits per heavy atom. The molecule has 0 bridgehead atoms. The van der Waals surface area contributed by atoms with E-state index < -0.39 is 0 Å². The Kier molecular flexibility index (Phi) is 2.67. The van der Waals surface area contributed by atoms with Crippen LogP contribution in [-0.2, 0) is 9.59 Å². The highest BCUT2D eigenvalue weighted by Gasteiger charge is 2.51. The third-order valence-corrected chi connectivity index (χ3v) is 4.94. The second kappa shape index (κ2) is 4.03. The van der Waals surface area contributed by atoms with Crippen LogP contribution in [0, 0.1) is 11.3 Å². The van der Waals surface area contributed by atoms with Gasteiger partial charge in [0.25, 0.3) is 0 Å². The molecule has 1 aromatic carbocycles. The molecule has 1 unspecified atom stereocenters.